The molecule has 0 saturated heterocycles. The Kier molecular flexibility index (Phi) is 3.22. The lowest BCUT2D eigenvalue weighted by atomic mass is 9.98. The van der Waals surface area contributed by atoms with Crippen LogP contribution < -0.4 is 10.1 Å². The number of benzene rings is 1. The number of nitrogens with one attached hydrogen (secondary N) is 1. The van der Waals surface area contributed by atoms with Crippen molar-refractivity contribution in [3.8, 4) is 5.75 Å². The van der Waals surface area contributed by atoms with Gasteiger partial charge in [-0.3, -0.25) is 4.98 Å². The lowest BCUT2D eigenvalue weighted by Gasteiger charge is -2.19. The molecular formula is C16H18N2O. The van der Waals surface area contributed by atoms with Gasteiger partial charge in [-0.05, 0) is 37.2 Å². The van der Waals surface area contributed by atoms with Gasteiger partial charge in [-0.2, -0.15) is 0 Å². The van der Waals surface area contributed by atoms with Gasteiger partial charge in [0.2, 0.25) is 0 Å². The Morgan fingerprint density at radius 1 is 1.32 bits per heavy atom. The second-order valence-electron chi connectivity index (χ2n) is 4.91. The van der Waals surface area contributed by atoms with Gasteiger partial charge in [0.15, 0.2) is 0 Å². The Balaban J connectivity index is 2.06. The molecule has 0 saturated carbocycles. The highest BCUT2D eigenvalue weighted by atomic mass is 16.5. The Morgan fingerprint density at radius 3 is 3.00 bits per heavy atom. The summed E-state index contributed by atoms with van der Waals surface area (Å²) < 4.78 is 5.80. The van der Waals surface area contributed by atoms with Gasteiger partial charge in [0.1, 0.15) is 5.75 Å². The largest absolute Gasteiger partial charge is 0.493 e. The van der Waals surface area contributed by atoms with Crippen molar-refractivity contribution >= 4 is 0 Å². The fourth-order valence-electron chi connectivity index (χ4n) is 2.65. The van der Waals surface area contributed by atoms with E-state index >= 15 is 0 Å². The van der Waals surface area contributed by atoms with E-state index in [1.54, 1.807) is 0 Å². The first-order valence-corrected chi connectivity index (χ1v) is 6.64. The molecule has 19 heavy (non-hydrogen) atoms. The molecule has 1 N–H and O–H groups in total. The first kappa shape index (κ1) is 12.2. The van der Waals surface area contributed by atoms with Crippen LogP contribution in [0.15, 0.2) is 36.5 Å². The molecular weight excluding hydrogens is 236 g/mol. The minimum Gasteiger partial charge on any atom is -0.493 e. The van der Waals surface area contributed by atoms with Gasteiger partial charge < -0.3 is 10.1 Å². The number of ether oxygens (including phenoxy) is 1. The van der Waals surface area contributed by atoms with Crippen molar-refractivity contribution in [2.45, 2.75) is 19.4 Å². The van der Waals surface area contributed by atoms with Crippen molar-refractivity contribution in [1.82, 2.24) is 10.3 Å². The number of hydrogen-bond acceptors (Lipinski definition) is 3. The molecule has 0 aliphatic carbocycles. The average Bonchev–Trinajstić information content (AvgIpc) is 2.89. The van der Waals surface area contributed by atoms with Crippen molar-refractivity contribution in [3.05, 3.63) is 58.9 Å². The van der Waals surface area contributed by atoms with E-state index in [1.807, 2.05) is 19.3 Å². The number of hydrogen-bond donors (Lipinski definition) is 1. The summed E-state index contributed by atoms with van der Waals surface area (Å²) in [5.41, 5.74) is 4.73. The van der Waals surface area contributed by atoms with Crippen LogP contribution in [-0.2, 0) is 6.42 Å². The second-order valence-corrected chi connectivity index (χ2v) is 4.91. The number of para-hydroxylation sites is 1. The van der Waals surface area contributed by atoms with Crippen LogP contribution in [0.2, 0.25) is 0 Å². The van der Waals surface area contributed by atoms with E-state index < -0.39 is 0 Å². The summed E-state index contributed by atoms with van der Waals surface area (Å²) >= 11 is 0. The maximum atomic E-state index is 5.80. The maximum absolute atomic E-state index is 5.80. The predicted octanol–water partition coefficient (Wildman–Crippen LogP) is 2.63. The van der Waals surface area contributed by atoms with E-state index in [9.17, 15) is 0 Å². The quantitative estimate of drug-likeness (QED) is 0.914. The van der Waals surface area contributed by atoms with Gasteiger partial charge in [-0.1, -0.05) is 18.2 Å². The Hall–Kier alpha value is -1.87. The molecule has 2 heterocycles. The van der Waals surface area contributed by atoms with Crippen LogP contribution in [0.25, 0.3) is 0 Å². The molecule has 1 aromatic heterocycles. The minimum absolute atomic E-state index is 0.0768. The van der Waals surface area contributed by atoms with Crippen molar-refractivity contribution in [2.24, 2.45) is 0 Å². The van der Waals surface area contributed by atoms with Crippen LogP contribution in [0, 0.1) is 6.92 Å². The fraction of sp³-hybridized carbons (Fsp3) is 0.312. The third kappa shape index (κ3) is 2.22. The van der Waals surface area contributed by atoms with Crippen molar-refractivity contribution < 1.29 is 4.74 Å². The molecule has 0 radical (unpaired) electrons. The number of pyridine rings is 1. The number of nitrogens with zero attached hydrogens (tertiary/aromatic N) is 1. The Labute approximate surface area is 113 Å². The summed E-state index contributed by atoms with van der Waals surface area (Å²) in [5.74, 6) is 1.03. The predicted molar refractivity (Wildman–Crippen MR) is 75.5 cm³/mol. The smallest absolute Gasteiger partial charge is 0.127 e. The third-order valence-electron chi connectivity index (χ3n) is 3.58. The van der Waals surface area contributed by atoms with Crippen LogP contribution in [0.3, 0.4) is 0 Å². The van der Waals surface area contributed by atoms with Crippen LogP contribution >= 0.6 is 0 Å². The Morgan fingerprint density at radius 2 is 2.21 bits per heavy atom. The lowest BCUT2D eigenvalue weighted by Crippen LogP contribution is -2.19. The van der Waals surface area contributed by atoms with E-state index in [0.717, 1.165) is 24.5 Å². The van der Waals surface area contributed by atoms with Crippen molar-refractivity contribution in [1.29, 1.82) is 0 Å². The van der Waals surface area contributed by atoms with Gasteiger partial charge in [0.25, 0.3) is 0 Å². The lowest BCUT2D eigenvalue weighted by molar-refractivity contribution is 0.351. The van der Waals surface area contributed by atoms with Gasteiger partial charge in [-0.25, -0.2) is 0 Å². The molecule has 3 nitrogen and oxygen atoms in total. The molecule has 0 spiro atoms. The summed E-state index contributed by atoms with van der Waals surface area (Å²) in [5, 5.41) is 3.35. The number of rotatable bonds is 3. The van der Waals surface area contributed by atoms with Crippen LogP contribution in [-0.4, -0.2) is 18.6 Å². The van der Waals surface area contributed by atoms with Gasteiger partial charge in [-0.15, -0.1) is 0 Å². The standard InChI is InChI=1S/C16H18N2O/c1-11-6-8-18-14(10-11)15(17-2)13-5-3-4-12-7-9-19-16(12)13/h3-6,8,10,15,17H,7,9H2,1-2H3. The van der Waals surface area contributed by atoms with Gasteiger partial charge in [0, 0.05) is 18.2 Å². The zero-order chi connectivity index (χ0) is 13.2. The van der Waals surface area contributed by atoms with E-state index in [1.165, 1.54) is 16.7 Å². The highest BCUT2D eigenvalue weighted by molar-refractivity contribution is 5.48. The van der Waals surface area contributed by atoms with E-state index in [4.69, 9.17) is 4.74 Å². The number of fused-ring (bicyclic) bond motifs is 1. The maximum Gasteiger partial charge on any atom is 0.127 e. The van der Waals surface area contributed by atoms with Gasteiger partial charge in [0.05, 0.1) is 18.3 Å². The van der Waals surface area contributed by atoms with E-state index in [0.29, 0.717) is 0 Å². The molecule has 1 atom stereocenters. The highest BCUT2D eigenvalue weighted by Gasteiger charge is 2.23. The molecule has 2 aromatic rings. The summed E-state index contributed by atoms with van der Waals surface area (Å²) in [6.45, 7) is 2.87. The summed E-state index contributed by atoms with van der Waals surface area (Å²) in [6.07, 6.45) is 2.86. The zero-order valence-corrected chi connectivity index (χ0v) is 11.3. The monoisotopic (exact) mass is 254 g/mol. The minimum atomic E-state index is 0.0768. The summed E-state index contributed by atoms with van der Waals surface area (Å²) in [6, 6.07) is 10.6. The highest BCUT2D eigenvalue weighted by Crippen LogP contribution is 2.35. The first-order valence-electron chi connectivity index (χ1n) is 6.64. The third-order valence-corrected chi connectivity index (χ3v) is 3.58. The van der Waals surface area contributed by atoms with Gasteiger partial charge >= 0.3 is 0 Å². The summed E-state index contributed by atoms with van der Waals surface area (Å²) in [7, 11) is 1.96. The Bertz CT molecular complexity index is 595. The molecule has 1 aliphatic heterocycles. The molecule has 0 amide bonds. The molecule has 1 aliphatic rings. The van der Waals surface area contributed by atoms with Crippen LogP contribution in [0.4, 0.5) is 0 Å². The molecule has 1 aromatic carbocycles. The molecule has 98 valence electrons. The molecule has 0 fully saturated rings. The molecule has 3 rings (SSSR count). The average molecular weight is 254 g/mol. The summed E-state index contributed by atoms with van der Waals surface area (Å²) in [4.78, 5) is 4.49. The fourth-order valence-corrected chi connectivity index (χ4v) is 2.65. The molecule has 1 unspecified atom stereocenters. The zero-order valence-electron chi connectivity index (χ0n) is 11.3. The molecule has 0 bridgehead atoms. The number of aryl methyl sites for hydroxylation is 1. The second kappa shape index (κ2) is 5.02. The van der Waals surface area contributed by atoms with Crippen LogP contribution in [0.5, 0.6) is 5.75 Å². The van der Waals surface area contributed by atoms with Crippen LogP contribution in [0.1, 0.15) is 28.4 Å². The topological polar surface area (TPSA) is 34.2 Å². The van der Waals surface area contributed by atoms with E-state index in [-0.39, 0.29) is 6.04 Å². The SMILES string of the molecule is CNC(c1cc(C)ccn1)c1cccc2c1OCC2. The van der Waals surface area contributed by atoms with Crippen molar-refractivity contribution in [3.63, 3.8) is 0 Å². The molecule has 3 heteroatoms. The van der Waals surface area contributed by atoms with E-state index in [2.05, 4.69) is 41.5 Å². The van der Waals surface area contributed by atoms with Crippen molar-refractivity contribution in [2.75, 3.05) is 13.7 Å². The normalized spacial score (nSPS) is 14.8. The number of aromatic nitrogens is 1. The first-order chi connectivity index (χ1) is 9.29.